The predicted molar refractivity (Wildman–Crippen MR) is 136 cm³/mol. The fourth-order valence-electron chi connectivity index (χ4n) is 4.84. The molecule has 0 saturated carbocycles. The summed E-state index contributed by atoms with van der Waals surface area (Å²) in [6.45, 7) is 1.43. The van der Waals surface area contributed by atoms with Crippen LogP contribution in [0.3, 0.4) is 0 Å². The quantitative estimate of drug-likeness (QED) is 0.113. The maximum absolute atomic E-state index is 12.3. The predicted octanol–water partition coefficient (Wildman–Crippen LogP) is 3.34. The minimum absolute atomic E-state index is 0.0422. The van der Waals surface area contributed by atoms with Crippen molar-refractivity contribution in [2.75, 3.05) is 0 Å². The number of rotatable bonds is 7. The zero-order valence-electron chi connectivity index (χ0n) is 19.9. The van der Waals surface area contributed by atoms with Gasteiger partial charge in [0.2, 0.25) is 0 Å². The highest BCUT2D eigenvalue weighted by atomic mass is 32.2. The van der Waals surface area contributed by atoms with Crippen LogP contribution in [-0.2, 0) is 30.4 Å². The second kappa shape index (κ2) is 9.05. The second-order valence-corrected chi connectivity index (χ2v) is 12.8. The lowest BCUT2D eigenvalue weighted by Gasteiger charge is -2.23. The molecule has 13 nitrogen and oxygen atoms in total. The van der Waals surface area contributed by atoms with E-state index in [2.05, 4.69) is 0 Å². The summed E-state index contributed by atoms with van der Waals surface area (Å²) in [7, 11) is -16.0. The number of nitro groups is 1. The fraction of sp³-hybridized carbons (Fsp3) is 0.0833. The Morgan fingerprint density at radius 1 is 0.675 bits per heavy atom. The smallest absolute Gasteiger partial charge is 0.276 e. The number of hydrogen-bond donors (Lipinski definition) is 0. The van der Waals surface area contributed by atoms with Crippen LogP contribution in [0.15, 0.2) is 75.4 Å². The van der Waals surface area contributed by atoms with Gasteiger partial charge in [-0.05, 0) is 31.2 Å². The average Bonchev–Trinajstić information content (AvgIpc) is 2.85. The molecule has 0 spiro atoms. The summed E-state index contributed by atoms with van der Waals surface area (Å²) in [4.78, 5) is 7.94. The van der Waals surface area contributed by atoms with Gasteiger partial charge in [-0.15, -0.1) is 0 Å². The van der Waals surface area contributed by atoms with Gasteiger partial charge in [-0.3, -0.25) is 10.1 Å². The normalized spacial score (nSPS) is 13.7. The topological polar surface area (TPSA) is 224 Å². The lowest BCUT2D eigenvalue weighted by atomic mass is 9.93. The summed E-state index contributed by atoms with van der Waals surface area (Å²) in [5.41, 5.74) is -0.204. The Hall–Kier alpha value is -3.93. The molecule has 40 heavy (non-hydrogen) atoms. The molecule has 0 aliphatic heterocycles. The lowest BCUT2D eigenvalue weighted by Crippen LogP contribution is -2.09. The number of nitro benzene ring substituents is 1. The molecule has 5 aromatic rings. The first-order chi connectivity index (χ1) is 18.5. The molecule has 0 radical (unpaired) electrons. The molecule has 1 unspecified atom stereocenters. The Kier molecular flexibility index (Phi) is 6.25. The molecular formula is C24H14NO12S3-3. The molecule has 5 rings (SSSR count). The number of nitrogens with zero attached hydrogens (tertiary/aromatic N) is 1. The Bertz CT molecular complexity index is 2160. The van der Waals surface area contributed by atoms with Gasteiger partial charge >= 0.3 is 0 Å². The third kappa shape index (κ3) is 4.49. The van der Waals surface area contributed by atoms with Crippen LogP contribution in [0.4, 0.5) is 5.69 Å². The van der Waals surface area contributed by atoms with Gasteiger partial charge in [0.15, 0.2) is 0 Å². The Morgan fingerprint density at radius 3 is 1.57 bits per heavy atom. The molecule has 0 heterocycles. The highest BCUT2D eigenvalue weighted by Gasteiger charge is 2.26. The van der Waals surface area contributed by atoms with Gasteiger partial charge in [0.25, 0.3) is 5.69 Å². The zero-order valence-corrected chi connectivity index (χ0v) is 22.4. The maximum Gasteiger partial charge on any atom is 0.276 e. The first kappa shape index (κ1) is 27.6. The van der Waals surface area contributed by atoms with Crippen LogP contribution in [0.1, 0.15) is 18.6 Å². The minimum atomic E-state index is -5.36. The van der Waals surface area contributed by atoms with Gasteiger partial charge in [-0.2, -0.15) is 0 Å². The van der Waals surface area contributed by atoms with Crippen molar-refractivity contribution in [1.29, 1.82) is 0 Å². The van der Waals surface area contributed by atoms with Crippen LogP contribution in [0.5, 0.6) is 5.75 Å². The summed E-state index contributed by atoms with van der Waals surface area (Å²) in [5, 5.41) is 10.2. The van der Waals surface area contributed by atoms with E-state index in [1.807, 2.05) is 0 Å². The monoisotopic (exact) mass is 604 g/mol. The molecule has 0 aliphatic carbocycles. The van der Waals surface area contributed by atoms with Crippen LogP contribution in [-0.4, -0.2) is 43.8 Å². The van der Waals surface area contributed by atoms with E-state index in [0.29, 0.717) is 6.07 Å². The third-order valence-electron chi connectivity index (χ3n) is 6.43. The van der Waals surface area contributed by atoms with Gasteiger partial charge in [0, 0.05) is 38.4 Å². The van der Waals surface area contributed by atoms with E-state index in [1.165, 1.54) is 37.3 Å². The summed E-state index contributed by atoms with van der Waals surface area (Å²) in [5.74, 6) is -0.274. The van der Waals surface area contributed by atoms with Crippen molar-refractivity contribution in [3.63, 3.8) is 0 Å². The molecule has 1 atom stereocenters. The Balaban J connectivity index is 1.94. The molecule has 0 saturated heterocycles. The van der Waals surface area contributed by atoms with Crippen molar-refractivity contribution in [3.8, 4) is 5.75 Å². The van der Waals surface area contributed by atoms with E-state index < -0.39 is 56.1 Å². The lowest BCUT2D eigenvalue weighted by molar-refractivity contribution is -0.386. The van der Waals surface area contributed by atoms with Gasteiger partial charge in [0.05, 0.1) is 25.2 Å². The van der Waals surface area contributed by atoms with E-state index in [4.69, 9.17) is 4.74 Å². The second-order valence-electron chi connectivity index (χ2n) is 8.76. The number of ether oxygens (including phenoxy) is 1. The molecule has 0 fully saturated rings. The minimum Gasteiger partial charge on any atom is -0.744 e. The van der Waals surface area contributed by atoms with Crippen molar-refractivity contribution >= 4 is 68.4 Å². The van der Waals surface area contributed by atoms with Crippen molar-refractivity contribution in [2.45, 2.75) is 27.7 Å². The van der Waals surface area contributed by atoms with Crippen LogP contribution < -0.4 is 4.74 Å². The summed E-state index contributed by atoms with van der Waals surface area (Å²) in [6, 6.07) is 11.4. The molecule has 0 bridgehead atoms. The van der Waals surface area contributed by atoms with Gasteiger partial charge in [-0.25, -0.2) is 25.3 Å². The van der Waals surface area contributed by atoms with Crippen LogP contribution >= 0.6 is 0 Å². The molecule has 208 valence electrons. The Labute approximate surface area is 226 Å². The maximum atomic E-state index is 12.3. The van der Waals surface area contributed by atoms with Crippen molar-refractivity contribution in [2.24, 2.45) is 0 Å². The fourth-order valence-corrected chi connectivity index (χ4v) is 7.00. The van der Waals surface area contributed by atoms with E-state index >= 15 is 0 Å². The highest BCUT2D eigenvalue weighted by Crippen LogP contribution is 2.46. The molecule has 0 amide bonds. The highest BCUT2D eigenvalue weighted by molar-refractivity contribution is 7.87. The molecular weight excluding hydrogens is 590 g/mol. The summed E-state index contributed by atoms with van der Waals surface area (Å²) >= 11 is 0. The van der Waals surface area contributed by atoms with E-state index in [9.17, 15) is 49.0 Å². The first-order valence-electron chi connectivity index (χ1n) is 11.1. The number of para-hydroxylation sites is 1. The third-order valence-corrected chi connectivity index (χ3v) is 9.06. The van der Waals surface area contributed by atoms with E-state index in [0.717, 1.165) is 24.3 Å². The molecule has 5 aromatic carbocycles. The number of hydrogen-bond acceptors (Lipinski definition) is 12. The van der Waals surface area contributed by atoms with Crippen molar-refractivity contribution in [3.05, 3.63) is 76.3 Å². The van der Waals surface area contributed by atoms with Gasteiger partial charge < -0.3 is 18.4 Å². The van der Waals surface area contributed by atoms with Gasteiger partial charge in [0.1, 0.15) is 42.2 Å². The number of benzene rings is 5. The van der Waals surface area contributed by atoms with E-state index in [-0.39, 0.29) is 49.3 Å². The largest absolute Gasteiger partial charge is 0.744 e. The average molecular weight is 605 g/mol. The molecule has 0 N–H and O–H groups in total. The molecule has 0 aromatic heterocycles. The summed E-state index contributed by atoms with van der Waals surface area (Å²) < 4.78 is 115. The zero-order chi connectivity index (χ0) is 29.4. The van der Waals surface area contributed by atoms with Crippen molar-refractivity contribution in [1.82, 2.24) is 0 Å². The SMILES string of the molecule is CC(Oc1cc(S(=O)(=O)[O-])c2ccc3c(S(=O)(=O)[O-])cc(S(=O)(=O)[O-])c4ccc1c2c43)c1ccccc1[N+](=O)[O-]. The summed E-state index contributed by atoms with van der Waals surface area (Å²) in [6.07, 6.45) is -1.09. The van der Waals surface area contributed by atoms with Gasteiger partial charge in [-0.1, -0.05) is 30.3 Å². The van der Waals surface area contributed by atoms with E-state index in [1.54, 1.807) is 0 Å². The molecule has 16 heteroatoms. The Morgan fingerprint density at radius 2 is 1.10 bits per heavy atom. The van der Waals surface area contributed by atoms with Crippen molar-refractivity contribution < 1.29 is 48.6 Å². The van der Waals surface area contributed by atoms with Crippen LogP contribution in [0, 0.1) is 10.1 Å². The standard InChI is InChI=1S/C24H17NO12S3/c1-12(13-4-2-3-5-18(13)25(26)27)37-19-10-20(38(28,29)30)15-8-9-17-22(40(34,35)36)11-21(39(31,32)33)16-7-6-14(19)23(15)24(16)17/h2-12H,1H3,(H,28,29,30)(H,31,32,33)(H,34,35,36)/p-3. The van der Waals surface area contributed by atoms with Crippen LogP contribution in [0.2, 0.25) is 0 Å². The van der Waals surface area contributed by atoms with Crippen LogP contribution in [0.25, 0.3) is 32.3 Å². The first-order valence-corrected chi connectivity index (χ1v) is 15.3. The molecule has 0 aliphatic rings.